The Bertz CT molecular complexity index is 317. The molecule has 1 aromatic rings. The first-order chi connectivity index (χ1) is 6.07. The zero-order chi connectivity index (χ0) is 10.0. The third-order valence-corrected chi connectivity index (χ3v) is 2.71. The van der Waals surface area contributed by atoms with E-state index in [0.717, 1.165) is 0 Å². The lowest BCUT2D eigenvalue weighted by Gasteiger charge is -2.12. The fraction of sp³-hybridized carbons (Fsp3) is 0.333. The van der Waals surface area contributed by atoms with Gasteiger partial charge in [-0.25, -0.2) is 4.39 Å². The lowest BCUT2D eigenvalue weighted by Crippen LogP contribution is -2.11. The summed E-state index contributed by atoms with van der Waals surface area (Å²) in [7, 11) is 0. The van der Waals surface area contributed by atoms with Gasteiger partial charge in [0, 0.05) is 11.6 Å². The van der Waals surface area contributed by atoms with E-state index in [-0.39, 0.29) is 17.4 Å². The van der Waals surface area contributed by atoms with E-state index in [2.05, 4.69) is 0 Å². The van der Waals surface area contributed by atoms with Crippen molar-refractivity contribution in [2.75, 3.05) is 0 Å². The topological polar surface area (TPSA) is 26.0 Å². The molecule has 0 heterocycles. The van der Waals surface area contributed by atoms with Crippen molar-refractivity contribution < 1.29 is 4.39 Å². The van der Waals surface area contributed by atoms with Crippen LogP contribution in [0.5, 0.6) is 0 Å². The summed E-state index contributed by atoms with van der Waals surface area (Å²) in [5.74, 6) is -0.399. The Kier molecular flexibility index (Phi) is 5.75. The fourth-order valence-corrected chi connectivity index (χ4v) is 1.54. The Morgan fingerprint density at radius 2 is 2.00 bits per heavy atom. The van der Waals surface area contributed by atoms with Crippen LogP contribution in [0.3, 0.4) is 0 Å². The summed E-state index contributed by atoms with van der Waals surface area (Å²) in [6, 6.07) is 2.30. The Morgan fingerprint density at radius 3 is 2.50 bits per heavy atom. The van der Waals surface area contributed by atoms with Crippen LogP contribution in [0.15, 0.2) is 12.1 Å². The van der Waals surface area contributed by atoms with Gasteiger partial charge >= 0.3 is 0 Å². The predicted octanol–water partition coefficient (Wildman–Crippen LogP) is 3.96. The molecule has 0 aliphatic heterocycles. The van der Waals surface area contributed by atoms with Crippen molar-refractivity contribution in [2.24, 2.45) is 5.73 Å². The second-order valence-corrected chi connectivity index (χ2v) is 3.56. The Hall–Kier alpha value is -0.0200. The van der Waals surface area contributed by atoms with Gasteiger partial charge in [-0.3, -0.25) is 0 Å². The minimum atomic E-state index is -0.399. The molecule has 0 amide bonds. The summed E-state index contributed by atoms with van der Waals surface area (Å²) in [4.78, 5) is 0. The number of benzene rings is 1. The fourth-order valence-electron chi connectivity index (χ4n) is 1.09. The van der Waals surface area contributed by atoms with Gasteiger partial charge in [0.15, 0.2) is 0 Å². The van der Waals surface area contributed by atoms with Crippen LogP contribution < -0.4 is 5.73 Å². The SMILES string of the molecule is CC[C@@H](N)c1c(F)ccc(Cl)c1Cl.Cl. The van der Waals surface area contributed by atoms with Gasteiger partial charge in [-0.15, -0.1) is 12.4 Å². The molecule has 14 heavy (non-hydrogen) atoms. The molecule has 0 unspecified atom stereocenters. The van der Waals surface area contributed by atoms with Crippen LogP contribution in [-0.4, -0.2) is 0 Å². The lowest BCUT2D eigenvalue weighted by atomic mass is 10.1. The largest absolute Gasteiger partial charge is 0.324 e. The van der Waals surface area contributed by atoms with Gasteiger partial charge in [-0.2, -0.15) is 0 Å². The smallest absolute Gasteiger partial charge is 0.129 e. The number of rotatable bonds is 2. The zero-order valence-electron chi connectivity index (χ0n) is 7.56. The van der Waals surface area contributed by atoms with E-state index < -0.39 is 11.9 Å². The van der Waals surface area contributed by atoms with Crippen molar-refractivity contribution in [1.29, 1.82) is 0 Å². The minimum Gasteiger partial charge on any atom is -0.324 e. The van der Waals surface area contributed by atoms with E-state index in [4.69, 9.17) is 28.9 Å². The van der Waals surface area contributed by atoms with Crippen LogP contribution >= 0.6 is 35.6 Å². The summed E-state index contributed by atoms with van der Waals surface area (Å²) in [6.07, 6.45) is 0.622. The van der Waals surface area contributed by atoms with E-state index in [1.165, 1.54) is 12.1 Å². The second kappa shape index (κ2) is 5.76. The van der Waals surface area contributed by atoms with Gasteiger partial charge in [-0.1, -0.05) is 30.1 Å². The third-order valence-electron chi connectivity index (χ3n) is 1.89. The summed E-state index contributed by atoms with van der Waals surface area (Å²) in [5.41, 5.74) is 5.98. The number of halogens is 4. The van der Waals surface area contributed by atoms with Crippen molar-refractivity contribution in [3.8, 4) is 0 Å². The van der Waals surface area contributed by atoms with E-state index >= 15 is 0 Å². The van der Waals surface area contributed by atoms with E-state index in [0.29, 0.717) is 17.0 Å². The molecule has 1 aromatic carbocycles. The van der Waals surface area contributed by atoms with Crippen molar-refractivity contribution in [1.82, 2.24) is 0 Å². The first-order valence-corrected chi connectivity index (χ1v) is 4.72. The molecule has 1 rings (SSSR count). The first kappa shape index (κ1) is 14.0. The van der Waals surface area contributed by atoms with Gasteiger partial charge in [0.25, 0.3) is 0 Å². The highest BCUT2D eigenvalue weighted by Crippen LogP contribution is 2.32. The molecule has 5 heteroatoms. The molecule has 0 aromatic heterocycles. The van der Waals surface area contributed by atoms with Crippen molar-refractivity contribution >= 4 is 35.6 Å². The molecule has 0 radical (unpaired) electrons. The monoisotopic (exact) mass is 257 g/mol. The van der Waals surface area contributed by atoms with Crippen molar-refractivity contribution in [3.05, 3.63) is 33.6 Å². The van der Waals surface area contributed by atoms with E-state index in [9.17, 15) is 4.39 Å². The molecule has 0 bridgehead atoms. The number of hydrogen-bond acceptors (Lipinski definition) is 1. The average molecular weight is 259 g/mol. The normalized spacial score (nSPS) is 12.1. The highest BCUT2D eigenvalue weighted by atomic mass is 35.5. The molecule has 0 saturated carbocycles. The molecular weight excluding hydrogens is 247 g/mol. The van der Waals surface area contributed by atoms with Crippen molar-refractivity contribution in [3.63, 3.8) is 0 Å². The van der Waals surface area contributed by atoms with Gasteiger partial charge in [0.1, 0.15) is 5.82 Å². The highest BCUT2D eigenvalue weighted by Gasteiger charge is 2.15. The van der Waals surface area contributed by atoms with Gasteiger partial charge in [-0.05, 0) is 18.6 Å². The standard InChI is InChI=1S/C9H10Cl2FN.ClH/c1-2-7(13)8-6(12)4-3-5(10)9(8)11;/h3-4,7H,2,13H2,1H3;1H/t7-;/m1./s1. The molecule has 0 spiro atoms. The molecule has 1 atom stereocenters. The van der Waals surface area contributed by atoms with Gasteiger partial charge in [0.05, 0.1) is 10.0 Å². The van der Waals surface area contributed by atoms with Crippen molar-refractivity contribution in [2.45, 2.75) is 19.4 Å². The predicted molar refractivity (Wildman–Crippen MR) is 60.9 cm³/mol. The van der Waals surface area contributed by atoms with Crippen LogP contribution in [0, 0.1) is 5.82 Å². The molecular formula is C9H11Cl3FN. The molecule has 80 valence electrons. The summed E-state index contributed by atoms with van der Waals surface area (Å²) in [6.45, 7) is 1.86. The summed E-state index contributed by atoms with van der Waals surface area (Å²) in [5, 5.41) is 0.554. The summed E-state index contributed by atoms with van der Waals surface area (Å²) < 4.78 is 13.2. The molecule has 0 aliphatic carbocycles. The van der Waals surface area contributed by atoms with E-state index in [1.54, 1.807) is 0 Å². The minimum absolute atomic E-state index is 0. The Labute approximate surface area is 98.8 Å². The maximum absolute atomic E-state index is 13.2. The average Bonchev–Trinajstić information content (AvgIpc) is 2.12. The molecule has 0 saturated heterocycles. The number of nitrogens with two attached hydrogens (primary N) is 1. The first-order valence-electron chi connectivity index (χ1n) is 3.96. The van der Waals surface area contributed by atoms with Crippen LogP contribution in [0.25, 0.3) is 0 Å². The zero-order valence-corrected chi connectivity index (χ0v) is 9.89. The van der Waals surface area contributed by atoms with Gasteiger partial charge in [0.2, 0.25) is 0 Å². The quantitative estimate of drug-likeness (QED) is 0.798. The van der Waals surface area contributed by atoms with Crippen LogP contribution in [0.2, 0.25) is 10.0 Å². The van der Waals surface area contributed by atoms with Gasteiger partial charge < -0.3 is 5.73 Å². The third kappa shape index (κ3) is 2.74. The molecule has 2 N–H and O–H groups in total. The summed E-state index contributed by atoms with van der Waals surface area (Å²) >= 11 is 11.6. The maximum atomic E-state index is 13.2. The molecule has 0 fully saturated rings. The highest BCUT2D eigenvalue weighted by molar-refractivity contribution is 6.42. The Balaban J connectivity index is 0.00000169. The molecule has 0 aliphatic rings. The second-order valence-electron chi connectivity index (χ2n) is 2.77. The molecule has 1 nitrogen and oxygen atoms in total. The van der Waals surface area contributed by atoms with E-state index in [1.807, 2.05) is 6.92 Å². The number of hydrogen-bond donors (Lipinski definition) is 1. The maximum Gasteiger partial charge on any atom is 0.129 e. The lowest BCUT2D eigenvalue weighted by molar-refractivity contribution is 0.575. The van der Waals surface area contributed by atoms with Crippen LogP contribution in [-0.2, 0) is 0 Å². The van der Waals surface area contributed by atoms with Crippen LogP contribution in [0.1, 0.15) is 24.9 Å². The van der Waals surface area contributed by atoms with Crippen LogP contribution in [0.4, 0.5) is 4.39 Å². The Morgan fingerprint density at radius 1 is 1.43 bits per heavy atom.